The average molecular weight is 218 g/mol. The Morgan fingerprint density at radius 3 is 2.13 bits per heavy atom. The highest BCUT2D eigenvalue weighted by molar-refractivity contribution is 4.97. The minimum absolute atomic E-state index is 0.0742. The van der Waals surface area contributed by atoms with Crippen LogP contribution in [-0.2, 0) is 4.74 Å². The fourth-order valence-corrected chi connectivity index (χ4v) is 1.03. The Labute approximate surface area is 93.8 Å². The number of aliphatic hydroxyl groups excluding tert-OH is 1. The Morgan fingerprint density at radius 2 is 1.87 bits per heavy atom. The molecule has 0 saturated carbocycles. The molecule has 0 unspecified atom stereocenters. The van der Waals surface area contributed by atoms with Crippen LogP contribution in [0.5, 0.6) is 0 Å². The van der Waals surface area contributed by atoms with E-state index in [1.54, 1.807) is 13.8 Å². The maximum atomic E-state index is 9.35. The van der Waals surface area contributed by atoms with Crippen molar-refractivity contribution >= 4 is 0 Å². The Hall–Kier alpha value is -0.380. The number of ether oxygens (including phenoxy) is 1. The van der Waals surface area contributed by atoms with E-state index in [0.29, 0.717) is 6.42 Å². The Morgan fingerprint density at radius 1 is 1.40 bits per heavy atom. The topological polar surface area (TPSA) is 49.7 Å². The van der Waals surface area contributed by atoms with E-state index in [4.69, 9.17) is 9.84 Å². The molecule has 0 aromatic carbocycles. The van der Waals surface area contributed by atoms with E-state index >= 15 is 0 Å². The zero-order valence-electron chi connectivity index (χ0n) is 10.9. The largest absolute Gasteiger partial charge is 0.394 e. The molecule has 2 N–H and O–H groups in total. The summed E-state index contributed by atoms with van der Waals surface area (Å²) in [5.41, 5.74) is 1.14. The van der Waals surface area contributed by atoms with Gasteiger partial charge in [0.1, 0.15) is 0 Å². The van der Waals surface area contributed by atoms with Gasteiger partial charge in [-0.3, -0.25) is 0 Å². The highest BCUT2D eigenvalue weighted by atomic mass is 16.6. The first-order valence-corrected chi connectivity index (χ1v) is 5.52. The highest BCUT2D eigenvalue weighted by Crippen LogP contribution is 2.14. The summed E-state index contributed by atoms with van der Waals surface area (Å²) >= 11 is 0. The third kappa shape index (κ3) is 11.5. The van der Waals surface area contributed by atoms with Gasteiger partial charge in [-0.15, -0.1) is 0 Å². The van der Waals surface area contributed by atoms with Crippen molar-refractivity contribution in [3.63, 3.8) is 0 Å². The molecular weight excluding hydrogens is 192 g/mol. The number of allylic oxidation sites excluding steroid dienone is 1. The van der Waals surface area contributed by atoms with Gasteiger partial charge in [0.2, 0.25) is 0 Å². The molecule has 1 atom stereocenters. The molecule has 15 heavy (non-hydrogen) atoms. The number of hydrogen-bond acceptors (Lipinski definition) is 3. The van der Waals surface area contributed by atoms with E-state index in [1.165, 1.54) is 0 Å². The number of hydrogen-bond donors (Lipinski definition) is 2. The first kappa shape index (κ1) is 17.0. The molecule has 3 nitrogen and oxygen atoms in total. The van der Waals surface area contributed by atoms with Crippen molar-refractivity contribution in [2.75, 3.05) is 6.61 Å². The zero-order valence-corrected chi connectivity index (χ0v) is 10.9. The van der Waals surface area contributed by atoms with E-state index in [2.05, 4.69) is 0 Å². The molecule has 0 saturated heterocycles. The van der Waals surface area contributed by atoms with E-state index in [9.17, 15) is 5.11 Å². The first-order valence-electron chi connectivity index (χ1n) is 5.52. The second kappa shape index (κ2) is 8.89. The van der Waals surface area contributed by atoms with E-state index < -0.39 is 5.79 Å². The van der Waals surface area contributed by atoms with Gasteiger partial charge in [0, 0.05) is 0 Å². The van der Waals surface area contributed by atoms with Crippen molar-refractivity contribution in [2.24, 2.45) is 0 Å². The van der Waals surface area contributed by atoms with Gasteiger partial charge in [-0.05, 0) is 34.1 Å². The van der Waals surface area contributed by atoms with Gasteiger partial charge in [-0.25, -0.2) is 0 Å². The molecular formula is C12H26O3. The second-order valence-corrected chi connectivity index (χ2v) is 3.71. The highest BCUT2D eigenvalue weighted by Gasteiger charge is 2.19. The Bertz CT molecular complexity index is 168. The van der Waals surface area contributed by atoms with Crippen LogP contribution in [-0.4, -0.2) is 28.7 Å². The quantitative estimate of drug-likeness (QED) is 0.550. The number of rotatable bonds is 5. The van der Waals surface area contributed by atoms with Crippen molar-refractivity contribution in [3.05, 3.63) is 11.6 Å². The summed E-state index contributed by atoms with van der Waals surface area (Å²) in [6.07, 6.45) is 2.30. The van der Waals surface area contributed by atoms with Gasteiger partial charge in [0.25, 0.3) is 0 Å². The molecule has 0 fully saturated rings. The van der Waals surface area contributed by atoms with Crippen molar-refractivity contribution in [2.45, 2.75) is 59.9 Å². The van der Waals surface area contributed by atoms with Crippen LogP contribution >= 0.6 is 0 Å². The van der Waals surface area contributed by atoms with Crippen LogP contribution in [0.25, 0.3) is 0 Å². The maximum Gasteiger partial charge on any atom is 0.160 e. The lowest BCUT2D eigenvalue weighted by molar-refractivity contribution is -0.211. The van der Waals surface area contributed by atoms with Crippen molar-refractivity contribution in [3.8, 4) is 0 Å². The third-order valence-corrected chi connectivity index (χ3v) is 1.70. The van der Waals surface area contributed by atoms with Crippen LogP contribution < -0.4 is 0 Å². The molecule has 0 aliphatic carbocycles. The van der Waals surface area contributed by atoms with Gasteiger partial charge in [-0.1, -0.05) is 25.5 Å². The van der Waals surface area contributed by atoms with Gasteiger partial charge in [-0.2, -0.15) is 0 Å². The lowest BCUT2D eigenvalue weighted by Gasteiger charge is -2.25. The molecule has 0 aromatic rings. The minimum Gasteiger partial charge on any atom is -0.394 e. The number of aliphatic hydroxyl groups is 2. The fourth-order valence-electron chi connectivity index (χ4n) is 1.03. The summed E-state index contributed by atoms with van der Waals surface area (Å²) < 4.78 is 5.22. The molecule has 0 radical (unpaired) electrons. The molecule has 0 aromatic heterocycles. The van der Waals surface area contributed by atoms with Crippen LogP contribution in [0, 0.1) is 0 Å². The summed E-state index contributed by atoms with van der Waals surface area (Å²) in [7, 11) is 0. The molecule has 0 aliphatic heterocycles. The van der Waals surface area contributed by atoms with E-state index in [1.807, 2.05) is 33.8 Å². The molecule has 0 spiro atoms. The average Bonchev–Trinajstić information content (AvgIpc) is 2.17. The van der Waals surface area contributed by atoms with Gasteiger partial charge in [0.15, 0.2) is 5.79 Å². The lowest BCUT2D eigenvalue weighted by atomic mass is 10.1. The van der Waals surface area contributed by atoms with E-state index in [-0.39, 0.29) is 12.7 Å². The van der Waals surface area contributed by atoms with Crippen LogP contribution in [0.1, 0.15) is 48.0 Å². The van der Waals surface area contributed by atoms with Crippen molar-refractivity contribution in [1.82, 2.24) is 0 Å². The van der Waals surface area contributed by atoms with Crippen molar-refractivity contribution in [1.29, 1.82) is 0 Å². The molecule has 3 heteroatoms. The van der Waals surface area contributed by atoms with Crippen LogP contribution in [0.4, 0.5) is 0 Å². The SMILES string of the molecule is C/C=C(/C)C[C@H](CO)OC(C)(C)O.CC. The fraction of sp³-hybridized carbons (Fsp3) is 0.833. The molecule has 0 amide bonds. The van der Waals surface area contributed by atoms with Crippen LogP contribution in [0.15, 0.2) is 11.6 Å². The molecule has 92 valence electrons. The summed E-state index contributed by atoms with van der Waals surface area (Å²) in [5.74, 6) is -1.18. The van der Waals surface area contributed by atoms with Gasteiger partial charge < -0.3 is 14.9 Å². The Balaban J connectivity index is 0. The molecule has 0 rings (SSSR count). The normalized spacial score (nSPS) is 14.3. The maximum absolute atomic E-state index is 9.35. The smallest absolute Gasteiger partial charge is 0.160 e. The standard InChI is InChI=1S/C10H20O3.C2H6/c1-5-8(2)6-9(7-11)13-10(3,4)12;1-2/h5,9,11-12H,6-7H2,1-4H3;1-2H3/b8-5-;/t9-;/m1./s1. The Kier molecular flexibility index (Phi) is 10.1. The molecule has 0 heterocycles. The predicted octanol–water partition coefficient (Wildman–Crippen LogP) is 2.47. The minimum atomic E-state index is -1.18. The van der Waals surface area contributed by atoms with Gasteiger partial charge >= 0.3 is 0 Å². The van der Waals surface area contributed by atoms with Crippen LogP contribution in [0.3, 0.4) is 0 Å². The third-order valence-electron chi connectivity index (χ3n) is 1.70. The zero-order chi connectivity index (χ0) is 12.5. The first-order chi connectivity index (χ1) is 6.89. The van der Waals surface area contributed by atoms with Crippen LogP contribution in [0.2, 0.25) is 0 Å². The predicted molar refractivity (Wildman–Crippen MR) is 63.7 cm³/mol. The summed E-state index contributed by atoms with van der Waals surface area (Å²) in [6.45, 7) is 10.9. The molecule has 0 bridgehead atoms. The summed E-state index contributed by atoms with van der Waals surface area (Å²) in [5, 5.41) is 18.3. The summed E-state index contributed by atoms with van der Waals surface area (Å²) in [6, 6.07) is 0. The van der Waals surface area contributed by atoms with Gasteiger partial charge in [0.05, 0.1) is 12.7 Å². The summed E-state index contributed by atoms with van der Waals surface area (Å²) in [4.78, 5) is 0. The molecule has 0 aliphatic rings. The lowest BCUT2D eigenvalue weighted by Crippen LogP contribution is -2.32. The van der Waals surface area contributed by atoms with E-state index in [0.717, 1.165) is 5.57 Å². The van der Waals surface area contributed by atoms with Crippen molar-refractivity contribution < 1.29 is 14.9 Å². The second-order valence-electron chi connectivity index (χ2n) is 3.71. The monoisotopic (exact) mass is 218 g/mol.